The lowest BCUT2D eigenvalue weighted by Crippen LogP contribution is -2.42. The molecule has 1 saturated carbocycles. The average molecular weight is 248 g/mol. The molecule has 0 unspecified atom stereocenters. The Bertz CT molecular complexity index is 438. The zero-order valence-corrected chi connectivity index (χ0v) is 10.9. The van der Waals surface area contributed by atoms with Crippen molar-refractivity contribution in [1.29, 1.82) is 0 Å². The van der Waals surface area contributed by atoms with Gasteiger partial charge in [-0.15, -0.1) is 5.10 Å². The first-order valence-corrected chi connectivity index (χ1v) is 6.87. The van der Waals surface area contributed by atoms with Gasteiger partial charge in [0.25, 0.3) is 5.91 Å². The number of rotatable bonds is 1. The zero-order valence-electron chi connectivity index (χ0n) is 10.9. The first kappa shape index (κ1) is 11.7. The first-order valence-electron chi connectivity index (χ1n) is 6.87. The van der Waals surface area contributed by atoms with E-state index in [-0.39, 0.29) is 5.91 Å². The molecule has 0 radical (unpaired) electrons. The predicted molar refractivity (Wildman–Crippen MR) is 67.2 cm³/mol. The van der Waals surface area contributed by atoms with E-state index in [0.29, 0.717) is 17.1 Å². The molecule has 1 saturated heterocycles. The average Bonchev–Trinajstić information content (AvgIpc) is 3.00. The Morgan fingerprint density at radius 3 is 2.44 bits per heavy atom. The van der Waals surface area contributed by atoms with Crippen molar-refractivity contribution < 1.29 is 4.79 Å². The Labute approximate surface area is 107 Å². The second kappa shape index (κ2) is 4.37. The number of likely N-dealkylation sites (tertiary alicyclic amines) is 1. The highest BCUT2D eigenvalue weighted by atomic mass is 16.2. The summed E-state index contributed by atoms with van der Waals surface area (Å²) >= 11 is 0. The number of H-pyrrole nitrogens is 1. The summed E-state index contributed by atoms with van der Waals surface area (Å²) in [4.78, 5) is 18.2. The van der Waals surface area contributed by atoms with Gasteiger partial charge in [-0.3, -0.25) is 9.89 Å². The SMILES string of the molecule is Cc1nc(C(=O)N2CCC3(CCCC3)CC2)n[nH]1. The smallest absolute Gasteiger partial charge is 0.293 e. The first-order chi connectivity index (χ1) is 8.69. The minimum atomic E-state index is -0.0211. The quantitative estimate of drug-likeness (QED) is 0.825. The molecule has 5 nitrogen and oxygen atoms in total. The maximum Gasteiger partial charge on any atom is 0.293 e. The van der Waals surface area contributed by atoms with Crippen LogP contribution in [-0.4, -0.2) is 39.1 Å². The van der Waals surface area contributed by atoms with Crippen LogP contribution in [0.25, 0.3) is 0 Å². The molecule has 1 aliphatic carbocycles. The summed E-state index contributed by atoms with van der Waals surface area (Å²) in [5.74, 6) is 0.990. The number of hydrogen-bond acceptors (Lipinski definition) is 3. The van der Waals surface area contributed by atoms with Crippen molar-refractivity contribution in [1.82, 2.24) is 20.1 Å². The van der Waals surface area contributed by atoms with Gasteiger partial charge in [0.05, 0.1) is 0 Å². The molecule has 0 bridgehead atoms. The molecule has 1 aromatic heterocycles. The third kappa shape index (κ3) is 2.02. The maximum atomic E-state index is 12.2. The van der Waals surface area contributed by atoms with Crippen molar-refractivity contribution in [2.75, 3.05) is 13.1 Å². The number of carbonyl (C=O) groups excluding carboxylic acids is 1. The van der Waals surface area contributed by atoms with Crippen LogP contribution >= 0.6 is 0 Å². The van der Waals surface area contributed by atoms with Crippen molar-refractivity contribution in [2.24, 2.45) is 5.41 Å². The molecule has 1 aliphatic heterocycles. The number of hydrogen-bond donors (Lipinski definition) is 1. The summed E-state index contributed by atoms with van der Waals surface area (Å²) < 4.78 is 0. The van der Waals surface area contributed by atoms with Gasteiger partial charge in [-0.1, -0.05) is 12.8 Å². The van der Waals surface area contributed by atoms with Crippen LogP contribution < -0.4 is 0 Å². The second-order valence-electron chi connectivity index (χ2n) is 5.74. The Balaban J connectivity index is 1.64. The molecule has 2 fully saturated rings. The summed E-state index contributed by atoms with van der Waals surface area (Å²) in [6.45, 7) is 3.55. The third-order valence-electron chi connectivity index (χ3n) is 4.56. The van der Waals surface area contributed by atoms with E-state index in [0.717, 1.165) is 25.9 Å². The third-order valence-corrected chi connectivity index (χ3v) is 4.56. The van der Waals surface area contributed by atoms with Gasteiger partial charge in [0, 0.05) is 13.1 Å². The van der Waals surface area contributed by atoms with E-state index in [1.165, 1.54) is 25.7 Å². The molecule has 98 valence electrons. The van der Waals surface area contributed by atoms with Gasteiger partial charge in [-0.25, -0.2) is 4.98 Å². The molecule has 0 atom stereocenters. The Kier molecular flexibility index (Phi) is 2.84. The molecule has 1 amide bonds. The van der Waals surface area contributed by atoms with Crippen LogP contribution in [0.1, 0.15) is 55.0 Å². The van der Waals surface area contributed by atoms with Crippen molar-refractivity contribution in [3.05, 3.63) is 11.6 Å². The van der Waals surface area contributed by atoms with Crippen molar-refractivity contribution in [3.8, 4) is 0 Å². The van der Waals surface area contributed by atoms with Gasteiger partial charge < -0.3 is 4.90 Å². The summed E-state index contributed by atoms with van der Waals surface area (Å²) in [5, 5.41) is 6.68. The van der Waals surface area contributed by atoms with E-state index in [1.54, 1.807) is 0 Å². The maximum absolute atomic E-state index is 12.2. The van der Waals surface area contributed by atoms with Crippen LogP contribution in [0.2, 0.25) is 0 Å². The fraction of sp³-hybridized carbons (Fsp3) is 0.769. The van der Waals surface area contributed by atoms with Crippen molar-refractivity contribution in [2.45, 2.75) is 45.4 Å². The Hall–Kier alpha value is -1.39. The highest BCUT2D eigenvalue weighted by molar-refractivity contribution is 5.90. The van der Waals surface area contributed by atoms with Crippen LogP contribution in [0.3, 0.4) is 0 Å². The molecule has 18 heavy (non-hydrogen) atoms. The van der Waals surface area contributed by atoms with E-state index < -0.39 is 0 Å². The number of nitrogens with one attached hydrogen (secondary N) is 1. The summed E-state index contributed by atoms with van der Waals surface area (Å²) in [7, 11) is 0. The molecular formula is C13H20N4O. The largest absolute Gasteiger partial charge is 0.336 e. The van der Waals surface area contributed by atoms with E-state index in [9.17, 15) is 4.79 Å². The Morgan fingerprint density at radius 2 is 1.89 bits per heavy atom. The topological polar surface area (TPSA) is 61.9 Å². The van der Waals surface area contributed by atoms with Crippen molar-refractivity contribution in [3.63, 3.8) is 0 Å². The molecule has 3 rings (SSSR count). The van der Waals surface area contributed by atoms with Gasteiger partial charge in [0.2, 0.25) is 5.82 Å². The minimum absolute atomic E-state index is 0.0211. The van der Waals surface area contributed by atoms with E-state index in [4.69, 9.17) is 0 Å². The fourth-order valence-electron chi connectivity index (χ4n) is 3.39. The number of carbonyl (C=O) groups is 1. The number of aromatic amines is 1. The molecule has 2 heterocycles. The lowest BCUT2D eigenvalue weighted by Gasteiger charge is -2.39. The zero-order chi connectivity index (χ0) is 12.6. The van der Waals surface area contributed by atoms with Gasteiger partial charge in [-0.05, 0) is 38.0 Å². The summed E-state index contributed by atoms with van der Waals surface area (Å²) in [5.41, 5.74) is 0.547. The number of aromatic nitrogens is 3. The van der Waals surface area contributed by atoms with Crippen LogP contribution in [0.4, 0.5) is 0 Å². The number of amides is 1. The second-order valence-corrected chi connectivity index (χ2v) is 5.74. The number of aryl methyl sites for hydroxylation is 1. The van der Waals surface area contributed by atoms with Gasteiger partial charge >= 0.3 is 0 Å². The molecule has 2 aliphatic rings. The van der Waals surface area contributed by atoms with Crippen LogP contribution in [0.15, 0.2) is 0 Å². The lowest BCUT2D eigenvalue weighted by atomic mass is 9.77. The summed E-state index contributed by atoms with van der Waals surface area (Å²) in [6, 6.07) is 0. The minimum Gasteiger partial charge on any atom is -0.336 e. The molecule has 0 aromatic carbocycles. The highest BCUT2D eigenvalue weighted by Gasteiger charge is 2.38. The van der Waals surface area contributed by atoms with Crippen LogP contribution in [0, 0.1) is 12.3 Å². The lowest BCUT2D eigenvalue weighted by molar-refractivity contribution is 0.0576. The van der Waals surface area contributed by atoms with Gasteiger partial charge in [0.1, 0.15) is 5.82 Å². The van der Waals surface area contributed by atoms with Gasteiger partial charge in [0.15, 0.2) is 0 Å². The van der Waals surface area contributed by atoms with Gasteiger partial charge in [-0.2, -0.15) is 0 Å². The Morgan fingerprint density at radius 1 is 1.22 bits per heavy atom. The van der Waals surface area contributed by atoms with Crippen molar-refractivity contribution >= 4 is 5.91 Å². The van der Waals surface area contributed by atoms with Crippen LogP contribution in [0.5, 0.6) is 0 Å². The monoisotopic (exact) mass is 248 g/mol. The number of piperidine rings is 1. The van der Waals surface area contributed by atoms with E-state index in [1.807, 2.05) is 11.8 Å². The normalized spacial score (nSPS) is 22.6. The van der Waals surface area contributed by atoms with Crippen LogP contribution in [-0.2, 0) is 0 Å². The summed E-state index contributed by atoms with van der Waals surface area (Å²) in [6.07, 6.45) is 7.76. The van der Waals surface area contributed by atoms with E-state index >= 15 is 0 Å². The molecule has 1 spiro atoms. The molecule has 5 heteroatoms. The standard InChI is InChI=1S/C13H20N4O/c1-10-14-11(16-15-10)12(18)17-8-6-13(7-9-17)4-2-3-5-13/h2-9H2,1H3,(H,14,15,16). The highest BCUT2D eigenvalue weighted by Crippen LogP contribution is 2.46. The molecule has 1 N–H and O–H groups in total. The van der Waals surface area contributed by atoms with E-state index in [2.05, 4.69) is 15.2 Å². The fourth-order valence-corrected chi connectivity index (χ4v) is 3.39. The number of nitrogens with zero attached hydrogens (tertiary/aromatic N) is 3. The predicted octanol–water partition coefficient (Wildman–Crippen LogP) is 1.91. The molecular weight excluding hydrogens is 228 g/mol. The molecule has 1 aromatic rings.